The first kappa shape index (κ1) is 16.3. The van der Waals surface area contributed by atoms with E-state index in [9.17, 15) is 14.7 Å². The van der Waals surface area contributed by atoms with Crippen molar-refractivity contribution < 1.29 is 14.7 Å². The zero-order chi connectivity index (χ0) is 17.3. The number of carbonyl (C=O) groups excluding carboxylic acids is 2. The minimum Gasteiger partial charge on any atom is -0.393 e. The number of rotatable bonds is 1. The van der Waals surface area contributed by atoms with E-state index in [0.717, 1.165) is 25.7 Å². The molecule has 0 bridgehead atoms. The number of fused-ring (bicyclic) bond motifs is 5. The standard InChI is InChI=1S/C21H28O3/c1-12(22)16-6-7-17-15-5-4-13-10-14(23)8-9-20(13,2)19(15)18(24)11-21(16,17)3/h8-10,15-19,24H,4-7,11H2,1-3H3/t15-,16+,17?,18-,19?,20-,21+/m0/s1. The van der Waals surface area contributed by atoms with E-state index in [1.165, 1.54) is 5.57 Å². The van der Waals surface area contributed by atoms with Crippen molar-refractivity contribution in [1.29, 1.82) is 0 Å². The molecule has 0 aromatic carbocycles. The van der Waals surface area contributed by atoms with E-state index < -0.39 is 6.10 Å². The van der Waals surface area contributed by atoms with Gasteiger partial charge in [-0.05, 0) is 68.4 Å². The molecule has 0 aromatic heterocycles. The maximum absolute atomic E-state index is 12.2. The fourth-order valence-corrected chi connectivity index (χ4v) is 6.99. The molecule has 4 aliphatic carbocycles. The van der Waals surface area contributed by atoms with Gasteiger partial charge in [0.2, 0.25) is 0 Å². The number of Topliss-reactive ketones (excluding diaryl/α,β-unsaturated/α-hetero) is 1. The molecule has 0 aromatic rings. The lowest BCUT2D eigenvalue weighted by molar-refractivity contribution is -0.137. The Morgan fingerprint density at radius 2 is 2.00 bits per heavy atom. The second-order valence-corrected chi connectivity index (χ2v) is 9.04. The second kappa shape index (κ2) is 5.14. The van der Waals surface area contributed by atoms with Crippen molar-refractivity contribution in [3.8, 4) is 0 Å². The highest BCUT2D eigenvalue weighted by Gasteiger charge is 2.62. The molecule has 7 atom stereocenters. The minimum atomic E-state index is -0.400. The van der Waals surface area contributed by atoms with Crippen molar-refractivity contribution in [1.82, 2.24) is 0 Å². The van der Waals surface area contributed by atoms with Crippen LogP contribution in [0, 0.1) is 34.5 Å². The largest absolute Gasteiger partial charge is 0.393 e. The van der Waals surface area contributed by atoms with Crippen LogP contribution in [-0.2, 0) is 9.59 Å². The van der Waals surface area contributed by atoms with Gasteiger partial charge >= 0.3 is 0 Å². The van der Waals surface area contributed by atoms with Gasteiger partial charge in [0, 0.05) is 17.3 Å². The molecule has 1 N–H and O–H groups in total. The van der Waals surface area contributed by atoms with Crippen LogP contribution in [-0.4, -0.2) is 22.8 Å². The topological polar surface area (TPSA) is 54.4 Å². The lowest BCUT2D eigenvalue weighted by Gasteiger charge is -2.58. The Kier molecular flexibility index (Phi) is 3.48. The third-order valence-electron chi connectivity index (χ3n) is 7.98. The number of hydrogen-bond donors (Lipinski definition) is 1. The first-order valence-corrected chi connectivity index (χ1v) is 9.40. The SMILES string of the molecule is CC(=O)[C@H]1CCC2[C@@H]3CCC4=CC(=O)C=C[C@]4(C)C3[C@@H](O)C[C@@]21C. The summed E-state index contributed by atoms with van der Waals surface area (Å²) in [5, 5.41) is 11.1. The summed E-state index contributed by atoms with van der Waals surface area (Å²) >= 11 is 0. The van der Waals surface area contributed by atoms with Crippen LogP contribution in [0.15, 0.2) is 23.8 Å². The van der Waals surface area contributed by atoms with Crippen LogP contribution in [0.4, 0.5) is 0 Å². The number of ketones is 2. The molecular weight excluding hydrogens is 300 g/mol. The molecule has 130 valence electrons. The second-order valence-electron chi connectivity index (χ2n) is 9.04. The molecular formula is C21H28O3. The number of aliphatic hydroxyl groups is 1. The molecule has 0 amide bonds. The molecule has 4 aliphatic rings. The Balaban J connectivity index is 1.74. The van der Waals surface area contributed by atoms with E-state index >= 15 is 0 Å². The maximum Gasteiger partial charge on any atom is 0.178 e. The predicted molar refractivity (Wildman–Crippen MR) is 92.2 cm³/mol. The number of hydrogen-bond acceptors (Lipinski definition) is 3. The molecule has 0 saturated heterocycles. The maximum atomic E-state index is 12.2. The van der Waals surface area contributed by atoms with Crippen molar-refractivity contribution in [2.24, 2.45) is 34.5 Å². The zero-order valence-corrected chi connectivity index (χ0v) is 14.9. The monoisotopic (exact) mass is 328 g/mol. The molecule has 0 radical (unpaired) electrons. The van der Waals surface area contributed by atoms with Crippen LogP contribution in [0.2, 0.25) is 0 Å². The van der Waals surface area contributed by atoms with Crippen molar-refractivity contribution >= 4 is 11.6 Å². The average Bonchev–Trinajstić information content (AvgIpc) is 2.84. The normalized spacial score (nSPS) is 49.9. The van der Waals surface area contributed by atoms with Crippen molar-refractivity contribution in [2.75, 3.05) is 0 Å². The molecule has 3 saturated carbocycles. The van der Waals surface area contributed by atoms with Gasteiger partial charge in [-0.1, -0.05) is 25.5 Å². The number of carbonyl (C=O) groups is 2. The fraction of sp³-hybridized carbons (Fsp3) is 0.714. The molecule has 0 spiro atoms. The Hall–Kier alpha value is -1.22. The van der Waals surface area contributed by atoms with Crippen molar-refractivity contribution in [2.45, 2.75) is 59.0 Å². The highest BCUT2D eigenvalue weighted by Crippen LogP contribution is 2.65. The third kappa shape index (κ3) is 2.00. The lowest BCUT2D eigenvalue weighted by Crippen LogP contribution is -2.56. The fourth-order valence-electron chi connectivity index (χ4n) is 6.99. The Labute approximate surface area is 144 Å². The van der Waals surface area contributed by atoms with Crippen LogP contribution in [0.1, 0.15) is 52.9 Å². The van der Waals surface area contributed by atoms with E-state index in [0.29, 0.717) is 18.3 Å². The quantitative estimate of drug-likeness (QED) is 0.802. The number of aliphatic hydroxyl groups excluding tert-OH is 1. The summed E-state index contributed by atoms with van der Waals surface area (Å²) in [4.78, 5) is 24.0. The van der Waals surface area contributed by atoms with Gasteiger partial charge in [-0.25, -0.2) is 0 Å². The molecule has 0 aliphatic heterocycles. The van der Waals surface area contributed by atoms with E-state index in [1.54, 1.807) is 19.1 Å². The van der Waals surface area contributed by atoms with E-state index in [1.807, 2.05) is 6.08 Å². The molecule has 3 heteroatoms. The van der Waals surface area contributed by atoms with Gasteiger partial charge in [0.1, 0.15) is 5.78 Å². The van der Waals surface area contributed by atoms with Crippen LogP contribution < -0.4 is 0 Å². The highest BCUT2D eigenvalue weighted by atomic mass is 16.3. The summed E-state index contributed by atoms with van der Waals surface area (Å²) in [7, 11) is 0. The Morgan fingerprint density at radius 3 is 2.71 bits per heavy atom. The zero-order valence-electron chi connectivity index (χ0n) is 14.9. The van der Waals surface area contributed by atoms with Crippen LogP contribution in [0.25, 0.3) is 0 Å². The lowest BCUT2D eigenvalue weighted by atomic mass is 9.46. The molecule has 3 fully saturated rings. The van der Waals surface area contributed by atoms with E-state index in [4.69, 9.17) is 0 Å². The van der Waals surface area contributed by atoms with Gasteiger partial charge in [-0.15, -0.1) is 0 Å². The van der Waals surface area contributed by atoms with Crippen LogP contribution in [0.3, 0.4) is 0 Å². The first-order valence-electron chi connectivity index (χ1n) is 9.40. The minimum absolute atomic E-state index is 0.0573. The summed E-state index contributed by atoms with van der Waals surface area (Å²) in [5.74, 6) is 1.61. The van der Waals surface area contributed by atoms with Gasteiger partial charge < -0.3 is 5.11 Å². The third-order valence-corrected chi connectivity index (χ3v) is 7.98. The van der Waals surface area contributed by atoms with Crippen molar-refractivity contribution in [3.05, 3.63) is 23.8 Å². The van der Waals surface area contributed by atoms with Gasteiger partial charge in [0.15, 0.2) is 5.78 Å². The molecule has 4 rings (SSSR count). The van der Waals surface area contributed by atoms with Crippen molar-refractivity contribution in [3.63, 3.8) is 0 Å². The van der Waals surface area contributed by atoms with Crippen LogP contribution >= 0.6 is 0 Å². The molecule has 2 unspecified atom stereocenters. The summed E-state index contributed by atoms with van der Waals surface area (Å²) < 4.78 is 0. The highest BCUT2D eigenvalue weighted by molar-refractivity contribution is 6.01. The number of allylic oxidation sites excluding steroid dienone is 4. The Bertz CT molecular complexity index is 660. The first-order chi connectivity index (χ1) is 11.3. The molecule has 3 nitrogen and oxygen atoms in total. The van der Waals surface area contributed by atoms with Gasteiger partial charge in [0.25, 0.3) is 0 Å². The van der Waals surface area contributed by atoms with Crippen LogP contribution in [0.5, 0.6) is 0 Å². The average molecular weight is 328 g/mol. The predicted octanol–water partition coefficient (Wildman–Crippen LogP) is 3.47. The van der Waals surface area contributed by atoms with Gasteiger partial charge in [-0.2, -0.15) is 0 Å². The van der Waals surface area contributed by atoms with E-state index in [2.05, 4.69) is 13.8 Å². The summed E-state index contributed by atoms with van der Waals surface area (Å²) in [6.45, 7) is 6.15. The van der Waals surface area contributed by atoms with Gasteiger partial charge in [0.05, 0.1) is 6.10 Å². The Morgan fingerprint density at radius 1 is 1.25 bits per heavy atom. The summed E-state index contributed by atoms with van der Waals surface area (Å²) in [5.41, 5.74) is 0.935. The summed E-state index contributed by atoms with van der Waals surface area (Å²) in [6, 6.07) is 0. The van der Waals surface area contributed by atoms with E-state index in [-0.39, 0.29) is 34.2 Å². The smallest absolute Gasteiger partial charge is 0.178 e. The molecule has 24 heavy (non-hydrogen) atoms. The van der Waals surface area contributed by atoms with Gasteiger partial charge in [-0.3, -0.25) is 9.59 Å². The summed E-state index contributed by atoms with van der Waals surface area (Å²) in [6.07, 6.45) is 9.89. The molecule has 0 heterocycles.